The van der Waals surface area contributed by atoms with Gasteiger partial charge in [-0.3, -0.25) is 4.79 Å². The maximum Gasteiger partial charge on any atom is 0.272 e. The lowest BCUT2D eigenvalue weighted by Gasteiger charge is -2.36. The number of anilines is 3. The molecule has 0 atom stereocenters. The fraction of sp³-hybridized carbons (Fsp3) is 0.227. The van der Waals surface area contributed by atoms with Crippen LogP contribution >= 0.6 is 0 Å². The molecule has 1 amide bonds. The van der Waals surface area contributed by atoms with Crippen molar-refractivity contribution in [3.8, 4) is 0 Å². The van der Waals surface area contributed by atoms with Crippen LogP contribution in [0.25, 0.3) is 0 Å². The molecule has 0 aliphatic carbocycles. The molecule has 28 heavy (non-hydrogen) atoms. The maximum atomic E-state index is 13.0. The number of amides is 1. The Bertz CT molecular complexity index is 924. The molecular weight excluding hydrogens is 350 g/mol. The largest absolute Gasteiger partial charge is 0.368 e. The van der Waals surface area contributed by atoms with Gasteiger partial charge in [-0.1, -0.05) is 36.4 Å². The fourth-order valence-electron chi connectivity index (χ4n) is 3.36. The lowest BCUT2D eigenvalue weighted by molar-refractivity contribution is 0.0741. The van der Waals surface area contributed by atoms with Crippen molar-refractivity contribution in [2.45, 2.75) is 0 Å². The molecule has 4 rings (SSSR count). The minimum Gasteiger partial charge on any atom is -0.368 e. The van der Waals surface area contributed by atoms with Crippen molar-refractivity contribution in [1.29, 1.82) is 0 Å². The molecule has 0 unspecified atom stereocenters. The summed E-state index contributed by atoms with van der Waals surface area (Å²) in [6.07, 6.45) is 1.65. The van der Waals surface area contributed by atoms with E-state index in [1.165, 1.54) is 5.69 Å². The van der Waals surface area contributed by atoms with Crippen molar-refractivity contribution in [3.63, 3.8) is 0 Å². The normalized spacial score (nSPS) is 14.0. The Kier molecular flexibility index (Phi) is 5.19. The predicted octanol–water partition coefficient (Wildman–Crippen LogP) is 3.21. The van der Waals surface area contributed by atoms with Crippen LogP contribution in [-0.4, -0.2) is 54.0 Å². The Morgan fingerprint density at radius 2 is 1.54 bits per heavy atom. The number of carbonyl (C=O) groups is 1. The summed E-state index contributed by atoms with van der Waals surface area (Å²) in [6.45, 7) is 3.00. The average molecular weight is 373 g/mol. The summed E-state index contributed by atoms with van der Waals surface area (Å²) in [5.74, 6) is 0.470. The molecule has 1 aromatic heterocycles. The Labute approximate surface area is 165 Å². The molecule has 6 nitrogen and oxygen atoms in total. The molecule has 0 N–H and O–H groups in total. The van der Waals surface area contributed by atoms with Gasteiger partial charge in [0.05, 0.1) is 0 Å². The molecule has 0 saturated carbocycles. The number of nitrogens with zero attached hydrogens (tertiary/aromatic N) is 5. The minimum absolute atomic E-state index is 0.0437. The fourth-order valence-corrected chi connectivity index (χ4v) is 3.36. The van der Waals surface area contributed by atoms with Crippen LogP contribution in [0.4, 0.5) is 17.3 Å². The van der Waals surface area contributed by atoms with Gasteiger partial charge < -0.3 is 14.7 Å². The second-order valence-corrected chi connectivity index (χ2v) is 6.75. The van der Waals surface area contributed by atoms with Crippen LogP contribution in [0.1, 0.15) is 10.5 Å². The Balaban J connectivity index is 1.44. The summed E-state index contributed by atoms with van der Waals surface area (Å²) >= 11 is 0. The van der Waals surface area contributed by atoms with Gasteiger partial charge in [0.25, 0.3) is 5.91 Å². The minimum atomic E-state index is -0.0437. The second kappa shape index (κ2) is 8.08. The van der Waals surface area contributed by atoms with Gasteiger partial charge >= 0.3 is 0 Å². The smallest absolute Gasteiger partial charge is 0.272 e. The molecule has 0 radical (unpaired) electrons. The monoisotopic (exact) mass is 373 g/mol. The summed E-state index contributed by atoms with van der Waals surface area (Å²) in [5.41, 5.74) is 2.60. The SMILES string of the molecule is CN(c1ccccc1)c1nccc(C(=O)N2CCN(c3ccccc3)CC2)n1. The van der Waals surface area contributed by atoms with E-state index in [1.807, 2.05) is 65.4 Å². The first-order chi connectivity index (χ1) is 13.7. The lowest BCUT2D eigenvalue weighted by Crippen LogP contribution is -2.49. The Morgan fingerprint density at radius 1 is 0.893 bits per heavy atom. The van der Waals surface area contributed by atoms with E-state index in [0.717, 1.165) is 18.8 Å². The zero-order valence-corrected chi connectivity index (χ0v) is 15.9. The van der Waals surface area contributed by atoms with Crippen LogP contribution in [-0.2, 0) is 0 Å². The van der Waals surface area contributed by atoms with E-state index < -0.39 is 0 Å². The van der Waals surface area contributed by atoms with Gasteiger partial charge in [-0.05, 0) is 30.3 Å². The van der Waals surface area contributed by atoms with Crippen LogP contribution in [0.5, 0.6) is 0 Å². The first-order valence-electron chi connectivity index (χ1n) is 9.43. The maximum absolute atomic E-state index is 13.0. The Morgan fingerprint density at radius 3 is 2.21 bits per heavy atom. The molecule has 3 aromatic rings. The van der Waals surface area contributed by atoms with Crippen LogP contribution in [0, 0.1) is 0 Å². The van der Waals surface area contributed by atoms with Crippen LogP contribution < -0.4 is 9.80 Å². The number of rotatable bonds is 4. The first-order valence-corrected chi connectivity index (χ1v) is 9.43. The highest BCUT2D eigenvalue weighted by Crippen LogP contribution is 2.20. The van der Waals surface area contributed by atoms with Gasteiger partial charge in [0.2, 0.25) is 5.95 Å². The molecular formula is C22H23N5O. The average Bonchev–Trinajstić information content (AvgIpc) is 2.79. The van der Waals surface area contributed by atoms with Gasteiger partial charge in [-0.25, -0.2) is 9.97 Å². The zero-order valence-electron chi connectivity index (χ0n) is 15.9. The van der Waals surface area contributed by atoms with E-state index in [2.05, 4.69) is 27.0 Å². The van der Waals surface area contributed by atoms with Crippen molar-refractivity contribution < 1.29 is 4.79 Å². The second-order valence-electron chi connectivity index (χ2n) is 6.75. The molecule has 1 aliphatic rings. The highest BCUT2D eigenvalue weighted by molar-refractivity contribution is 5.92. The highest BCUT2D eigenvalue weighted by atomic mass is 16.2. The highest BCUT2D eigenvalue weighted by Gasteiger charge is 2.23. The summed E-state index contributed by atoms with van der Waals surface area (Å²) < 4.78 is 0. The molecule has 0 spiro atoms. The third-order valence-electron chi connectivity index (χ3n) is 4.99. The topological polar surface area (TPSA) is 52.6 Å². The van der Waals surface area contributed by atoms with Crippen molar-refractivity contribution >= 4 is 23.2 Å². The molecule has 142 valence electrons. The molecule has 1 aliphatic heterocycles. The third-order valence-corrected chi connectivity index (χ3v) is 4.99. The summed E-state index contributed by atoms with van der Waals surface area (Å²) in [7, 11) is 1.90. The predicted molar refractivity (Wildman–Crippen MR) is 111 cm³/mol. The third kappa shape index (κ3) is 3.81. The molecule has 2 heterocycles. The summed E-state index contributed by atoms with van der Waals surface area (Å²) in [5, 5.41) is 0. The van der Waals surface area contributed by atoms with Crippen LogP contribution in [0.2, 0.25) is 0 Å². The van der Waals surface area contributed by atoms with E-state index in [-0.39, 0.29) is 5.91 Å². The summed E-state index contributed by atoms with van der Waals surface area (Å²) in [6, 6.07) is 21.9. The van der Waals surface area contributed by atoms with E-state index in [9.17, 15) is 4.79 Å². The van der Waals surface area contributed by atoms with Gasteiger partial charge in [0.1, 0.15) is 5.69 Å². The van der Waals surface area contributed by atoms with Gasteiger partial charge in [-0.2, -0.15) is 0 Å². The van der Waals surface area contributed by atoms with Crippen molar-refractivity contribution in [3.05, 3.63) is 78.6 Å². The van der Waals surface area contributed by atoms with Crippen molar-refractivity contribution in [2.75, 3.05) is 43.0 Å². The zero-order chi connectivity index (χ0) is 19.3. The number of hydrogen-bond donors (Lipinski definition) is 0. The van der Waals surface area contributed by atoms with E-state index in [1.54, 1.807) is 12.3 Å². The number of carbonyl (C=O) groups excluding carboxylic acids is 1. The quantitative estimate of drug-likeness (QED) is 0.703. The van der Waals surface area contributed by atoms with E-state index >= 15 is 0 Å². The van der Waals surface area contributed by atoms with E-state index in [4.69, 9.17) is 0 Å². The van der Waals surface area contributed by atoms with Crippen LogP contribution in [0.3, 0.4) is 0 Å². The van der Waals surface area contributed by atoms with Crippen LogP contribution in [0.15, 0.2) is 72.9 Å². The lowest BCUT2D eigenvalue weighted by atomic mass is 10.2. The number of benzene rings is 2. The molecule has 1 fully saturated rings. The molecule has 1 saturated heterocycles. The summed E-state index contributed by atoms with van der Waals surface area (Å²) in [4.78, 5) is 27.8. The Hall–Kier alpha value is -3.41. The molecule has 0 bridgehead atoms. The standard InChI is InChI=1S/C22H23N5O/c1-25(18-8-4-2-5-9-18)22-23-13-12-20(24-22)21(28)27-16-14-26(15-17-27)19-10-6-3-7-11-19/h2-13H,14-17H2,1H3. The van der Waals surface area contributed by atoms with Gasteiger partial charge in [0.15, 0.2) is 0 Å². The number of para-hydroxylation sites is 2. The van der Waals surface area contributed by atoms with Crippen molar-refractivity contribution in [1.82, 2.24) is 14.9 Å². The number of aromatic nitrogens is 2. The number of piperazine rings is 1. The molecule has 6 heteroatoms. The molecule has 2 aromatic carbocycles. The first kappa shape index (κ1) is 18.0. The van der Waals surface area contributed by atoms with Gasteiger partial charge in [0, 0.05) is 50.8 Å². The number of hydrogen-bond acceptors (Lipinski definition) is 5. The van der Waals surface area contributed by atoms with Crippen molar-refractivity contribution in [2.24, 2.45) is 0 Å². The van der Waals surface area contributed by atoms with Gasteiger partial charge in [-0.15, -0.1) is 0 Å². The van der Waals surface area contributed by atoms with E-state index in [0.29, 0.717) is 24.7 Å².